The van der Waals surface area contributed by atoms with E-state index in [0.29, 0.717) is 24.5 Å². The Morgan fingerprint density at radius 2 is 1.32 bits per heavy atom. The lowest BCUT2D eigenvalue weighted by molar-refractivity contribution is -0.116. The minimum absolute atomic E-state index is 0.183. The molecule has 9 heteroatoms. The minimum atomic E-state index is -3.66. The van der Waals surface area contributed by atoms with E-state index in [2.05, 4.69) is 10.6 Å². The Balaban J connectivity index is 2.75. The van der Waals surface area contributed by atoms with Crippen LogP contribution in [0.3, 0.4) is 0 Å². The van der Waals surface area contributed by atoms with Crippen LogP contribution in [-0.2, 0) is 19.8 Å². The standard InChI is InChI=1S/C16H26N4O4S/c1-5-19(6-2)25(23,24)20(7-3)12-16(22)18-15-10-8-14(9-11-15)17-13(4)21/h8-11H,5-7,12H2,1-4H3,(H,17,21)(H,18,22). The van der Waals surface area contributed by atoms with Crippen LogP contribution >= 0.6 is 0 Å². The predicted molar refractivity (Wildman–Crippen MR) is 98.5 cm³/mol. The molecule has 0 saturated heterocycles. The largest absolute Gasteiger partial charge is 0.326 e. The van der Waals surface area contributed by atoms with Crippen LogP contribution in [0.15, 0.2) is 24.3 Å². The summed E-state index contributed by atoms with van der Waals surface area (Å²) in [6.45, 7) is 7.25. The van der Waals surface area contributed by atoms with E-state index < -0.39 is 16.1 Å². The van der Waals surface area contributed by atoms with Gasteiger partial charge in [0.15, 0.2) is 0 Å². The lowest BCUT2D eigenvalue weighted by Crippen LogP contribution is -2.46. The highest BCUT2D eigenvalue weighted by Crippen LogP contribution is 2.14. The number of amides is 2. The Morgan fingerprint density at radius 1 is 0.880 bits per heavy atom. The van der Waals surface area contributed by atoms with Crippen molar-refractivity contribution in [3.05, 3.63) is 24.3 Å². The van der Waals surface area contributed by atoms with Crippen LogP contribution in [0, 0.1) is 0 Å². The lowest BCUT2D eigenvalue weighted by atomic mass is 10.2. The molecule has 0 spiro atoms. The number of likely N-dealkylation sites (N-methyl/N-ethyl adjacent to an activating group) is 1. The summed E-state index contributed by atoms with van der Waals surface area (Å²) in [4.78, 5) is 23.2. The van der Waals surface area contributed by atoms with Gasteiger partial charge >= 0.3 is 0 Å². The molecule has 2 N–H and O–H groups in total. The third-order valence-corrected chi connectivity index (χ3v) is 5.73. The fraction of sp³-hybridized carbons (Fsp3) is 0.500. The van der Waals surface area contributed by atoms with E-state index >= 15 is 0 Å². The van der Waals surface area contributed by atoms with Crippen molar-refractivity contribution in [2.45, 2.75) is 27.7 Å². The maximum Gasteiger partial charge on any atom is 0.282 e. The average molecular weight is 370 g/mol. The molecule has 1 rings (SSSR count). The van der Waals surface area contributed by atoms with Gasteiger partial charge in [0.05, 0.1) is 6.54 Å². The molecule has 0 heterocycles. The van der Waals surface area contributed by atoms with Crippen LogP contribution < -0.4 is 10.6 Å². The van der Waals surface area contributed by atoms with Crippen LogP contribution in [0.5, 0.6) is 0 Å². The average Bonchev–Trinajstić information content (AvgIpc) is 2.54. The van der Waals surface area contributed by atoms with Crippen LogP contribution in [0.25, 0.3) is 0 Å². The van der Waals surface area contributed by atoms with E-state index in [1.54, 1.807) is 45.0 Å². The highest BCUT2D eigenvalue weighted by molar-refractivity contribution is 7.86. The van der Waals surface area contributed by atoms with Crippen LogP contribution in [-0.4, -0.2) is 55.0 Å². The van der Waals surface area contributed by atoms with E-state index in [1.165, 1.54) is 11.2 Å². The van der Waals surface area contributed by atoms with Gasteiger partial charge in [-0.2, -0.15) is 17.0 Å². The zero-order valence-electron chi connectivity index (χ0n) is 15.1. The number of hydrogen-bond donors (Lipinski definition) is 2. The molecule has 0 aliphatic rings. The molecule has 0 aliphatic carbocycles. The smallest absolute Gasteiger partial charge is 0.282 e. The first-order chi connectivity index (χ1) is 11.7. The Hall–Kier alpha value is -1.97. The van der Waals surface area contributed by atoms with E-state index in [0.717, 1.165) is 4.31 Å². The summed E-state index contributed by atoms with van der Waals surface area (Å²) < 4.78 is 27.4. The van der Waals surface area contributed by atoms with E-state index in [-0.39, 0.29) is 19.0 Å². The van der Waals surface area contributed by atoms with Crippen molar-refractivity contribution in [3.8, 4) is 0 Å². The van der Waals surface area contributed by atoms with E-state index in [4.69, 9.17) is 0 Å². The van der Waals surface area contributed by atoms with Crippen LogP contribution in [0.2, 0.25) is 0 Å². The van der Waals surface area contributed by atoms with Gasteiger partial charge < -0.3 is 10.6 Å². The van der Waals surface area contributed by atoms with Gasteiger partial charge in [0.1, 0.15) is 0 Å². The molecule has 0 aliphatic heterocycles. The number of hydrogen-bond acceptors (Lipinski definition) is 4. The van der Waals surface area contributed by atoms with Gasteiger partial charge in [0.2, 0.25) is 11.8 Å². The van der Waals surface area contributed by atoms with Gasteiger partial charge in [0.25, 0.3) is 10.2 Å². The highest BCUT2D eigenvalue weighted by Gasteiger charge is 2.28. The minimum Gasteiger partial charge on any atom is -0.326 e. The monoisotopic (exact) mass is 370 g/mol. The van der Waals surface area contributed by atoms with Crippen molar-refractivity contribution in [3.63, 3.8) is 0 Å². The number of benzene rings is 1. The molecule has 0 atom stereocenters. The van der Waals surface area contributed by atoms with Gasteiger partial charge in [0, 0.05) is 37.9 Å². The molecule has 0 aromatic heterocycles. The third kappa shape index (κ3) is 6.11. The normalized spacial score (nSPS) is 11.6. The molecule has 0 unspecified atom stereocenters. The Kier molecular flexibility index (Phi) is 8.01. The van der Waals surface area contributed by atoms with E-state index in [9.17, 15) is 18.0 Å². The van der Waals surface area contributed by atoms with Gasteiger partial charge in [-0.25, -0.2) is 0 Å². The number of nitrogens with zero attached hydrogens (tertiary/aromatic N) is 2. The van der Waals surface area contributed by atoms with Gasteiger partial charge in [-0.3, -0.25) is 9.59 Å². The maximum atomic E-state index is 12.5. The summed E-state index contributed by atoms with van der Waals surface area (Å²) >= 11 is 0. The number of carbonyl (C=O) groups is 2. The van der Waals surface area contributed by atoms with Crippen molar-refractivity contribution in [2.24, 2.45) is 0 Å². The van der Waals surface area contributed by atoms with Crippen molar-refractivity contribution < 1.29 is 18.0 Å². The summed E-state index contributed by atoms with van der Waals surface area (Å²) in [5.74, 6) is -0.609. The molecule has 140 valence electrons. The number of anilines is 2. The first-order valence-electron chi connectivity index (χ1n) is 8.17. The van der Waals surface area contributed by atoms with Crippen molar-refractivity contribution >= 4 is 33.4 Å². The molecule has 25 heavy (non-hydrogen) atoms. The molecule has 2 amide bonds. The molecular weight excluding hydrogens is 344 g/mol. The summed E-state index contributed by atoms with van der Waals surface area (Å²) in [6, 6.07) is 6.58. The third-order valence-electron chi connectivity index (χ3n) is 3.52. The quantitative estimate of drug-likeness (QED) is 0.688. The number of rotatable bonds is 9. The van der Waals surface area contributed by atoms with E-state index in [1.807, 2.05) is 0 Å². The van der Waals surface area contributed by atoms with Gasteiger partial charge in [-0.15, -0.1) is 0 Å². The molecule has 0 fully saturated rings. The van der Waals surface area contributed by atoms with Gasteiger partial charge in [-0.05, 0) is 24.3 Å². The molecule has 1 aromatic rings. The second-order valence-corrected chi connectivity index (χ2v) is 7.25. The van der Waals surface area contributed by atoms with Crippen molar-refractivity contribution in [2.75, 3.05) is 36.8 Å². The lowest BCUT2D eigenvalue weighted by Gasteiger charge is -2.27. The SMILES string of the molecule is CCN(CC)S(=O)(=O)N(CC)CC(=O)Nc1ccc(NC(C)=O)cc1. The molecular formula is C16H26N4O4S. The Bertz CT molecular complexity index is 685. The topological polar surface area (TPSA) is 98.8 Å². The molecule has 1 aromatic carbocycles. The highest BCUT2D eigenvalue weighted by atomic mass is 32.2. The first kappa shape index (κ1) is 21.1. The maximum absolute atomic E-state index is 12.5. The second-order valence-electron chi connectivity index (χ2n) is 5.32. The van der Waals surface area contributed by atoms with Gasteiger partial charge in [-0.1, -0.05) is 20.8 Å². The second kappa shape index (κ2) is 9.50. The van der Waals surface area contributed by atoms with Crippen molar-refractivity contribution in [1.82, 2.24) is 8.61 Å². The zero-order chi connectivity index (χ0) is 19.0. The summed E-state index contributed by atoms with van der Waals surface area (Å²) in [5, 5.41) is 5.29. The number of nitrogens with one attached hydrogen (secondary N) is 2. The number of carbonyl (C=O) groups excluding carboxylic acids is 2. The molecule has 0 radical (unpaired) electrons. The van der Waals surface area contributed by atoms with Crippen LogP contribution in [0.1, 0.15) is 27.7 Å². The molecule has 0 bridgehead atoms. The predicted octanol–water partition coefficient (Wildman–Crippen LogP) is 1.49. The summed E-state index contributed by atoms with van der Waals surface area (Å²) in [5.41, 5.74) is 1.14. The fourth-order valence-corrected chi connectivity index (χ4v) is 3.86. The Labute approximate surface area is 149 Å². The molecule has 8 nitrogen and oxygen atoms in total. The van der Waals surface area contributed by atoms with Crippen molar-refractivity contribution in [1.29, 1.82) is 0 Å². The zero-order valence-corrected chi connectivity index (χ0v) is 15.9. The summed E-state index contributed by atoms with van der Waals surface area (Å²) in [6.07, 6.45) is 0. The van der Waals surface area contributed by atoms with Crippen LogP contribution in [0.4, 0.5) is 11.4 Å². The first-order valence-corrected chi connectivity index (χ1v) is 9.56. The fourth-order valence-electron chi connectivity index (χ4n) is 2.27. The Morgan fingerprint density at radius 3 is 1.72 bits per heavy atom. The molecule has 0 saturated carbocycles. The summed E-state index contributed by atoms with van der Waals surface area (Å²) in [7, 11) is -3.66.